The molecule has 1 fully saturated rings. The lowest BCUT2D eigenvalue weighted by Crippen LogP contribution is -2.43. The van der Waals surface area contributed by atoms with Crippen molar-refractivity contribution >= 4 is 17.4 Å². The van der Waals surface area contributed by atoms with Gasteiger partial charge in [-0.05, 0) is 37.5 Å². The highest BCUT2D eigenvalue weighted by atomic mass is 35.5. The number of anilines is 1. The molecule has 0 radical (unpaired) electrons. The summed E-state index contributed by atoms with van der Waals surface area (Å²) in [7, 11) is 2.09. The molecule has 1 saturated heterocycles. The quantitative estimate of drug-likeness (QED) is 0.824. The molecule has 0 aliphatic carbocycles. The highest BCUT2D eigenvalue weighted by molar-refractivity contribution is 6.28. The van der Waals surface area contributed by atoms with Crippen molar-refractivity contribution in [3.8, 4) is 0 Å². The van der Waals surface area contributed by atoms with Crippen molar-refractivity contribution < 1.29 is 4.39 Å². The molecule has 2 unspecified atom stereocenters. The van der Waals surface area contributed by atoms with Crippen LogP contribution in [0.25, 0.3) is 0 Å². The van der Waals surface area contributed by atoms with Gasteiger partial charge in [-0.25, -0.2) is 9.37 Å². The minimum atomic E-state index is -0.458. The third kappa shape index (κ3) is 3.04. The summed E-state index contributed by atoms with van der Waals surface area (Å²) in [6, 6.07) is 0.228. The Bertz CT molecular complexity index is 401. The van der Waals surface area contributed by atoms with Gasteiger partial charge < -0.3 is 10.2 Å². The predicted octanol–water partition coefficient (Wildman–Crippen LogP) is 2.02. The van der Waals surface area contributed by atoms with Crippen LogP contribution in [-0.4, -0.2) is 41.0 Å². The average molecular weight is 259 g/mol. The molecule has 1 N–H and O–H groups in total. The summed E-state index contributed by atoms with van der Waals surface area (Å²) in [6.45, 7) is 4.15. The summed E-state index contributed by atoms with van der Waals surface area (Å²) in [5, 5.41) is 3.19. The van der Waals surface area contributed by atoms with E-state index in [1.807, 2.05) is 0 Å². The third-order valence-electron chi connectivity index (χ3n) is 3.15. The van der Waals surface area contributed by atoms with Crippen LogP contribution in [0, 0.1) is 11.7 Å². The molecule has 0 saturated carbocycles. The van der Waals surface area contributed by atoms with E-state index in [-0.39, 0.29) is 17.1 Å². The molecule has 2 rings (SSSR count). The number of rotatable bonds is 2. The van der Waals surface area contributed by atoms with E-state index < -0.39 is 5.82 Å². The van der Waals surface area contributed by atoms with Crippen LogP contribution in [0.5, 0.6) is 0 Å². The van der Waals surface area contributed by atoms with Crippen molar-refractivity contribution in [3.05, 3.63) is 17.3 Å². The topological polar surface area (TPSA) is 41.0 Å². The van der Waals surface area contributed by atoms with Gasteiger partial charge in [-0.3, -0.25) is 0 Å². The summed E-state index contributed by atoms with van der Waals surface area (Å²) in [6.07, 6.45) is 2.07. The Kier molecular flexibility index (Phi) is 3.79. The maximum Gasteiger partial charge on any atom is 0.224 e. The van der Waals surface area contributed by atoms with Gasteiger partial charge in [0, 0.05) is 12.6 Å². The van der Waals surface area contributed by atoms with Crippen molar-refractivity contribution in [2.24, 2.45) is 5.92 Å². The molecule has 1 aromatic rings. The Hall–Kier alpha value is -0.940. The Morgan fingerprint density at radius 1 is 1.59 bits per heavy atom. The summed E-state index contributed by atoms with van der Waals surface area (Å²) >= 11 is 5.66. The molecule has 1 aromatic heterocycles. The van der Waals surface area contributed by atoms with Crippen LogP contribution in [0.1, 0.15) is 13.3 Å². The molecular formula is C11H16ClFN4. The van der Waals surface area contributed by atoms with Gasteiger partial charge in [-0.2, -0.15) is 4.98 Å². The minimum Gasteiger partial charge on any atom is -0.364 e. The zero-order chi connectivity index (χ0) is 12.4. The maximum absolute atomic E-state index is 13.5. The van der Waals surface area contributed by atoms with Crippen molar-refractivity contribution in [2.45, 2.75) is 19.4 Å². The number of piperidine rings is 1. The first-order chi connectivity index (χ1) is 8.06. The molecular weight excluding hydrogens is 243 g/mol. The molecule has 2 heterocycles. The number of hydrogen-bond acceptors (Lipinski definition) is 4. The van der Waals surface area contributed by atoms with Crippen LogP contribution in [-0.2, 0) is 0 Å². The molecule has 4 nitrogen and oxygen atoms in total. The Morgan fingerprint density at radius 3 is 3.06 bits per heavy atom. The van der Waals surface area contributed by atoms with Gasteiger partial charge in [-0.15, -0.1) is 0 Å². The Morgan fingerprint density at radius 2 is 2.35 bits per heavy atom. The van der Waals surface area contributed by atoms with Gasteiger partial charge in [-0.1, -0.05) is 6.92 Å². The zero-order valence-electron chi connectivity index (χ0n) is 9.95. The SMILES string of the molecule is CC1CN(C)CCC1Nc1nc(Cl)ncc1F. The summed E-state index contributed by atoms with van der Waals surface area (Å²) in [5.41, 5.74) is 0. The molecule has 17 heavy (non-hydrogen) atoms. The lowest BCUT2D eigenvalue weighted by atomic mass is 9.94. The normalized spacial score (nSPS) is 25.9. The number of hydrogen-bond donors (Lipinski definition) is 1. The lowest BCUT2D eigenvalue weighted by Gasteiger charge is -2.35. The van der Waals surface area contributed by atoms with Gasteiger partial charge in [0.2, 0.25) is 5.28 Å². The van der Waals surface area contributed by atoms with Crippen LogP contribution in [0.4, 0.5) is 10.2 Å². The van der Waals surface area contributed by atoms with Crippen LogP contribution < -0.4 is 5.32 Å². The maximum atomic E-state index is 13.5. The predicted molar refractivity (Wildman–Crippen MR) is 65.7 cm³/mol. The molecule has 6 heteroatoms. The first-order valence-corrected chi connectivity index (χ1v) is 6.07. The lowest BCUT2D eigenvalue weighted by molar-refractivity contribution is 0.205. The molecule has 0 bridgehead atoms. The third-order valence-corrected chi connectivity index (χ3v) is 3.33. The van der Waals surface area contributed by atoms with E-state index >= 15 is 0 Å². The fraction of sp³-hybridized carbons (Fsp3) is 0.636. The van der Waals surface area contributed by atoms with Gasteiger partial charge in [0.05, 0.1) is 6.20 Å². The van der Waals surface area contributed by atoms with Gasteiger partial charge in [0.25, 0.3) is 0 Å². The fourth-order valence-electron chi connectivity index (χ4n) is 2.19. The van der Waals surface area contributed by atoms with Crippen molar-refractivity contribution in [1.82, 2.24) is 14.9 Å². The molecule has 2 atom stereocenters. The van der Waals surface area contributed by atoms with Crippen LogP contribution in [0.3, 0.4) is 0 Å². The van der Waals surface area contributed by atoms with Crippen LogP contribution in [0.15, 0.2) is 6.20 Å². The highest BCUT2D eigenvalue weighted by Crippen LogP contribution is 2.21. The fourth-order valence-corrected chi connectivity index (χ4v) is 2.32. The van der Waals surface area contributed by atoms with E-state index in [1.54, 1.807) is 0 Å². The summed E-state index contributed by atoms with van der Waals surface area (Å²) < 4.78 is 13.5. The Balaban J connectivity index is 2.07. The number of halogens is 2. The smallest absolute Gasteiger partial charge is 0.224 e. The molecule has 94 valence electrons. The van der Waals surface area contributed by atoms with Crippen molar-refractivity contribution in [1.29, 1.82) is 0 Å². The van der Waals surface area contributed by atoms with Crippen molar-refractivity contribution in [3.63, 3.8) is 0 Å². The van der Waals surface area contributed by atoms with Gasteiger partial charge in [0.15, 0.2) is 11.6 Å². The molecule has 0 aromatic carbocycles. The van der Waals surface area contributed by atoms with E-state index in [0.29, 0.717) is 5.92 Å². The van der Waals surface area contributed by atoms with Gasteiger partial charge >= 0.3 is 0 Å². The van der Waals surface area contributed by atoms with Gasteiger partial charge in [0.1, 0.15) is 0 Å². The first-order valence-electron chi connectivity index (χ1n) is 5.69. The van der Waals surface area contributed by atoms with E-state index in [1.165, 1.54) is 0 Å². The van der Waals surface area contributed by atoms with Crippen LogP contribution in [0.2, 0.25) is 5.28 Å². The van der Waals surface area contributed by atoms with Crippen LogP contribution >= 0.6 is 11.6 Å². The number of likely N-dealkylation sites (tertiary alicyclic amines) is 1. The molecule has 0 amide bonds. The minimum absolute atomic E-state index is 0.0643. The monoisotopic (exact) mass is 258 g/mol. The molecule has 1 aliphatic rings. The summed E-state index contributed by atoms with van der Waals surface area (Å²) in [4.78, 5) is 9.74. The highest BCUT2D eigenvalue weighted by Gasteiger charge is 2.25. The zero-order valence-corrected chi connectivity index (χ0v) is 10.7. The number of nitrogens with one attached hydrogen (secondary N) is 1. The first kappa shape index (κ1) is 12.5. The number of nitrogens with zero attached hydrogens (tertiary/aromatic N) is 3. The number of aromatic nitrogens is 2. The second kappa shape index (κ2) is 5.14. The summed E-state index contributed by atoms with van der Waals surface area (Å²) in [5.74, 6) is 0.189. The molecule has 0 spiro atoms. The second-order valence-electron chi connectivity index (χ2n) is 4.61. The van der Waals surface area contributed by atoms with Crippen molar-refractivity contribution in [2.75, 3.05) is 25.5 Å². The Labute approximate surface area is 105 Å². The van der Waals surface area contributed by atoms with E-state index in [0.717, 1.165) is 25.7 Å². The second-order valence-corrected chi connectivity index (χ2v) is 4.95. The van der Waals surface area contributed by atoms with E-state index in [9.17, 15) is 4.39 Å². The standard InChI is InChI=1S/C11H16ClFN4/c1-7-6-17(2)4-3-9(7)15-10-8(13)5-14-11(12)16-10/h5,7,9H,3-4,6H2,1-2H3,(H,14,15,16). The largest absolute Gasteiger partial charge is 0.364 e. The van der Waals surface area contributed by atoms with E-state index in [2.05, 4.69) is 34.2 Å². The average Bonchev–Trinajstić information content (AvgIpc) is 2.27. The van der Waals surface area contributed by atoms with E-state index in [4.69, 9.17) is 11.6 Å². The molecule has 1 aliphatic heterocycles.